The standard InChI is InChI=1S/C17H23N3O/c1-6-21-13-9-7-8-12(10-13)14-11(2)15(18)20-16(19-14)17(3,4)5/h7-10H,6H2,1-5H3,(H2,18,19,20). The summed E-state index contributed by atoms with van der Waals surface area (Å²) in [7, 11) is 0. The van der Waals surface area contributed by atoms with Crippen molar-refractivity contribution in [3.63, 3.8) is 0 Å². The topological polar surface area (TPSA) is 61.0 Å². The summed E-state index contributed by atoms with van der Waals surface area (Å²) in [5, 5.41) is 0. The molecule has 2 rings (SSSR count). The van der Waals surface area contributed by atoms with E-state index in [9.17, 15) is 0 Å². The molecule has 0 fully saturated rings. The lowest BCUT2D eigenvalue weighted by Gasteiger charge is -2.19. The van der Waals surface area contributed by atoms with Gasteiger partial charge in [0.15, 0.2) is 0 Å². The minimum atomic E-state index is -0.145. The maximum atomic E-state index is 6.07. The molecule has 112 valence electrons. The van der Waals surface area contributed by atoms with Crippen LogP contribution in [-0.2, 0) is 5.41 Å². The van der Waals surface area contributed by atoms with Gasteiger partial charge in [-0.1, -0.05) is 32.9 Å². The molecule has 0 unspecified atom stereocenters. The molecule has 2 aromatic rings. The number of nitrogens with zero attached hydrogens (tertiary/aromatic N) is 2. The zero-order valence-corrected chi connectivity index (χ0v) is 13.4. The summed E-state index contributed by atoms with van der Waals surface area (Å²) < 4.78 is 5.56. The molecule has 1 aromatic carbocycles. The van der Waals surface area contributed by atoms with Crippen LogP contribution in [0.25, 0.3) is 11.3 Å². The number of ether oxygens (including phenoxy) is 1. The molecule has 0 atom stereocenters. The van der Waals surface area contributed by atoms with Gasteiger partial charge in [-0.25, -0.2) is 9.97 Å². The average Bonchev–Trinajstić information content (AvgIpc) is 2.41. The highest BCUT2D eigenvalue weighted by Gasteiger charge is 2.21. The zero-order chi connectivity index (χ0) is 15.6. The molecule has 0 spiro atoms. The molecule has 2 N–H and O–H groups in total. The van der Waals surface area contributed by atoms with Crippen LogP contribution < -0.4 is 10.5 Å². The Morgan fingerprint density at radius 3 is 2.52 bits per heavy atom. The first-order valence-corrected chi connectivity index (χ1v) is 7.20. The summed E-state index contributed by atoms with van der Waals surface area (Å²) in [5.41, 5.74) is 8.69. The molecule has 0 aliphatic heterocycles. The Kier molecular flexibility index (Phi) is 4.16. The van der Waals surface area contributed by atoms with Crippen molar-refractivity contribution in [3.8, 4) is 17.0 Å². The van der Waals surface area contributed by atoms with E-state index in [0.29, 0.717) is 12.4 Å². The van der Waals surface area contributed by atoms with Gasteiger partial charge in [-0.2, -0.15) is 0 Å². The summed E-state index contributed by atoms with van der Waals surface area (Å²) in [4.78, 5) is 9.15. The maximum absolute atomic E-state index is 6.07. The summed E-state index contributed by atoms with van der Waals surface area (Å²) in [6.45, 7) is 10.8. The number of aromatic nitrogens is 2. The number of nitrogens with two attached hydrogens (primary N) is 1. The van der Waals surface area contributed by atoms with Crippen LogP contribution in [0.2, 0.25) is 0 Å². The lowest BCUT2D eigenvalue weighted by Crippen LogP contribution is -2.18. The first kappa shape index (κ1) is 15.3. The molecule has 0 aliphatic rings. The minimum absolute atomic E-state index is 0.145. The highest BCUT2D eigenvalue weighted by atomic mass is 16.5. The second kappa shape index (κ2) is 5.72. The molecule has 4 heteroatoms. The van der Waals surface area contributed by atoms with Crippen LogP contribution in [0, 0.1) is 6.92 Å². The van der Waals surface area contributed by atoms with E-state index in [-0.39, 0.29) is 5.41 Å². The average molecular weight is 285 g/mol. The number of benzene rings is 1. The second-order valence-electron chi connectivity index (χ2n) is 6.12. The molecular weight excluding hydrogens is 262 g/mol. The SMILES string of the molecule is CCOc1cccc(-c2nc(C(C)(C)C)nc(N)c2C)c1. The predicted molar refractivity (Wildman–Crippen MR) is 86.5 cm³/mol. The Labute approximate surface area is 126 Å². The monoisotopic (exact) mass is 285 g/mol. The van der Waals surface area contributed by atoms with Crippen molar-refractivity contribution in [2.45, 2.75) is 40.0 Å². The van der Waals surface area contributed by atoms with Crippen LogP contribution >= 0.6 is 0 Å². The van der Waals surface area contributed by atoms with Crippen molar-refractivity contribution >= 4 is 5.82 Å². The van der Waals surface area contributed by atoms with Gasteiger partial charge in [-0.3, -0.25) is 0 Å². The number of hydrogen-bond donors (Lipinski definition) is 1. The molecular formula is C17H23N3O. The first-order valence-electron chi connectivity index (χ1n) is 7.20. The van der Waals surface area contributed by atoms with Gasteiger partial charge in [0.05, 0.1) is 12.3 Å². The Bertz CT molecular complexity index is 645. The van der Waals surface area contributed by atoms with Gasteiger partial charge in [0.1, 0.15) is 17.4 Å². The summed E-state index contributed by atoms with van der Waals surface area (Å²) >= 11 is 0. The molecule has 1 aromatic heterocycles. The Morgan fingerprint density at radius 1 is 1.19 bits per heavy atom. The lowest BCUT2D eigenvalue weighted by molar-refractivity contribution is 0.340. The van der Waals surface area contributed by atoms with Gasteiger partial charge in [-0.15, -0.1) is 0 Å². The van der Waals surface area contributed by atoms with Crippen LogP contribution in [0.3, 0.4) is 0 Å². The van der Waals surface area contributed by atoms with Crippen molar-refractivity contribution in [2.24, 2.45) is 0 Å². The highest BCUT2D eigenvalue weighted by molar-refractivity contribution is 5.68. The van der Waals surface area contributed by atoms with E-state index in [1.54, 1.807) is 0 Å². The Balaban J connectivity index is 2.57. The molecule has 0 amide bonds. The van der Waals surface area contributed by atoms with Crippen molar-refractivity contribution in [1.29, 1.82) is 0 Å². The van der Waals surface area contributed by atoms with Gasteiger partial charge in [0.2, 0.25) is 0 Å². The molecule has 0 saturated carbocycles. The Hall–Kier alpha value is -2.10. The van der Waals surface area contributed by atoms with Crippen molar-refractivity contribution in [2.75, 3.05) is 12.3 Å². The lowest BCUT2D eigenvalue weighted by atomic mass is 9.95. The summed E-state index contributed by atoms with van der Waals surface area (Å²) in [6, 6.07) is 7.92. The fraction of sp³-hybridized carbons (Fsp3) is 0.412. The smallest absolute Gasteiger partial charge is 0.136 e. The quantitative estimate of drug-likeness (QED) is 0.933. The number of rotatable bonds is 3. The molecule has 0 aliphatic carbocycles. The van der Waals surface area contributed by atoms with Crippen LogP contribution in [0.1, 0.15) is 39.1 Å². The van der Waals surface area contributed by atoms with Crippen LogP contribution in [0.4, 0.5) is 5.82 Å². The van der Waals surface area contributed by atoms with E-state index >= 15 is 0 Å². The fourth-order valence-corrected chi connectivity index (χ4v) is 2.05. The van der Waals surface area contributed by atoms with E-state index in [4.69, 9.17) is 15.5 Å². The fourth-order valence-electron chi connectivity index (χ4n) is 2.05. The van der Waals surface area contributed by atoms with Gasteiger partial charge in [0, 0.05) is 16.5 Å². The third kappa shape index (κ3) is 3.32. The third-order valence-electron chi connectivity index (χ3n) is 3.27. The second-order valence-corrected chi connectivity index (χ2v) is 6.12. The third-order valence-corrected chi connectivity index (χ3v) is 3.27. The molecule has 0 bridgehead atoms. The largest absolute Gasteiger partial charge is 0.494 e. The van der Waals surface area contributed by atoms with E-state index < -0.39 is 0 Å². The van der Waals surface area contributed by atoms with Gasteiger partial charge in [-0.05, 0) is 26.0 Å². The molecule has 1 heterocycles. The molecule has 0 radical (unpaired) electrons. The normalized spacial score (nSPS) is 11.5. The van der Waals surface area contributed by atoms with Crippen LogP contribution in [0.5, 0.6) is 5.75 Å². The zero-order valence-electron chi connectivity index (χ0n) is 13.4. The van der Waals surface area contributed by atoms with Gasteiger partial charge in [0.25, 0.3) is 0 Å². The minimum Gasteiger partial charge on any atom is -0.494 e. The first-order chi connectivity index (χ1) is 9.82. The van der Waals surface area contributed by atoms with Crippen molar-refractivity contribution < 1.29 is 4.74 Å². The predicted octanol–water partition coefficient (Wildman–Crippen LogP) is 3.73. The summed E-state index contributed by atoms with van der Waals surface area (Å²) in [5.74, 6) is 2.12. The number of hydrogen-bond acceptors (Lipinski definition) is 4. The Morgan fingerprint density at radius 2 is 1.90 bits per heavy atom. The molecule has 4 nitrogen and oxygen atoms in total. The highest BCUT2D eigenvalue weighted by Crippen LogP contribution is 2.30. The van der Waals surface area contributed by atoms with E-state index in [2.05, 4.69) is 25.8 Å². The van der Waals surface area contributed by atoms with Crippen LogP contribution in [-0.4, -0.2) is 16.6 Å². The number of nitrogen functional groups attached to an aromatic ring is 1. The molecule has 0 saturated heterocycles. The maximum Gasteiger partial charge on any atom is 0.136 e. The van der Waals surface area contributed by atoms with E-state index in [0.717, 1.165) is 28.4 Å². The van der Waals surface area contributed by atoms with Gasteiger partial charge >= 0.3 is 0 Å². The van der Waals surface area contributed by atoms with E-state index in [1.165, 1.54) is 0 Å². The van der Waals surface area contributed by atoms with Crippen molar-refractivity contribution in [1.82, 2.24) is 9.97 Å². The van der Waals surface area contributed by atoms with Crippen molar-refractivity contribution in [3.05, 3.63) is 35.7 Å². The van der Waals surface area contributed by atoms with Gasteiger partial charge < -0.3 is 10.5 Å². The summed E-state index contributed by atoms with van der Waals surface area (Å²) in [6.07, 6.45) is 0. The number of anilines is 1. The molecule has 21 heavy (non-hydrogen) atoms. The van der Waals surface area contributed by atoms with Crippen LogP contribution in [0.15, 0.2) is 24.3 Å². The van der Waals surface area contributed by atoms with E-state index in [1.807, 2.05) is 38.1 Å².